The number of carboxylic acid groups (broad SMARTS) is 2. The first-order valence-electron chi connectivity index (χ1n) is 4.71. The van der Waals surface area contributed by atoms with Gasteiger partial charge in [0, 0.05) is 0 Å². The van der Waals surface area contributed by atoms with E-state index in [1.807, 2.05) is 6.07 Å². The number of hydrogen-bond donors (Lipinski definition) is 2. The Morgan fingerprint density at radius 3 is 2.44 bits per heavy atom. The zero-order chi connectivity index (χ0) is 12.1. The number of aliphatic carboxylic acids is 2. The third kappa shape index (κ3) is 2.95. The minimum atomic E-state index is -1.40. The van der Waals surface area contributed by atoms with Crippen molar-refractivity contribution >= 4 is 18.0 Å². The molecule has 0 aliphatic heterocycles. The molecule has 0 amide bonds. The van der Waals surface area contributed by atoms with Crippen LogP contribution in [0.3, 0.4) is 0 Å². The Kier molecular flexibility index (Phi) is 3.83. The van der Waals surface area contributed by atoms with Crippen molar-refractivity contribution in [3.8, 4) is 0 Å². The Morgan fingerprint density at radius 1 is 1.31 bits per heavy atom. The first-order chi connectivity index (χ1) is 7.54. The van der Waals surface area contributed by atoms with Crippen LogP contribution >= 0.6 is 0 Å². The van der Waals surface area contributed by atoms with Gasteiger partial charge in [0.05, 0.1) is 0 Å². The van der Waals surface area contributed by atoms with Crippen LogP contribution in [0.4, 0.5) is 0 Å². The second kappa shape index (κ2) is 5.11. The summed E-state index contributed by atoms with van der Waals surface area (Å²) >= 11 is 0. The van der Waals surface area contributed by atoms with E-state index in [1.165, 1.54) is 0 Å². The molecule has 0 heterocycles. The topological polar surface area (TPSA) is 74.6 Å². The van der Waals surface area contributed by atoms with Gasteiger partial charge in [0.25, 0.3) is 0 Å². The standard InChI is InChI=1S/C12H12O4/c1-2-8-4-3-5-9(6-8)7-10(11(13)14)12(15)16/h2-6,10H,1,7H2,(H,13,14)(H,15,16). The minimum absolute atomic E-state index is 0.0215. The summed E-state index contributed by atoms with van der Waals surface area (Å²) in [5, 5.41) is 17.5. The van der Waals surface area contributed by atoms with Gasteiger partial charge < -0.3 is 10.2 Å². The maximum atomic E-state index is 10.7. The van der Waals surface area contributed by atoms with E-state index in [0.717, 1.165) is 5.56 Å². The van der Waals surface area contributed by atoms with Crippen LogP contribution in [0.15, 0.2) is 30.8 Å². The summed E-state index contributed by atoms with van der Waals surface area (Å²) in [5.41, 5.74) is 1.51. The smallest absolute Gasteiger partial charge is 0.318 e. The Balaban J connectivity index is 2.89. The van der Waals surface area contributed by atoms with Gasteiger partial charge in [0.1, 0.15) is 0 Å². The summed E-state index contributed by atoms with van der Waals surface area (Å²) < 4.78 is 0. The third-order valence-electron chi connectivity index (χ3n) is 2.22. The van der Waals surface area contributed by atoms with E-state index in [-0.39, 0.29) is 6.42 Å². The Bertz CT molecular complexity index is 409. The van der Waals surface area contributed by atoms with E-state index in [9.17, 15) is 9.59 Å². The number of benzene rings is 1. The summed E-state index contributed by atoms with van der Waals surface area (Å²) in [6.07, 6.45) is 1.60. The van der Waals surface area contributed by atoms with Gasteiger partial charge in [-0.3, -0.25) is 9.59 Å². The van der Waals surface area contributed by atoms with Crippen LogP contribution < -0.4 is 0 Å². The van der Waals surface area contributed by atoms with E-state index < -0.39 is 17.9 Å². The molecule has 4 heteroatoms. The summed E-state index contributed by atoms with van der Waals surface area (Å²) in [4.78, 5) is 21.4. The Labute approximate surface area is 92.8 Å². The molecule has 4 nitrogen and oxygen atoms in total. The van der Waals surface area contributed by atoms with Crippen LogP contribution in [0.1, 0.15) is 11.1 Å². The van der Waals surface area contributed by atoms with Gasteiger partial charge in [0.2, 0.25) is 0 Å². The lowest BCUT2D eigenvalue weighted by molar-refractivity contribution is -0.154. The molecular weight excluding hydrogens is 208 g/mol. The third-order valence-corrected chi connectivity index (χ3v) is 2.22. The number of rotatable bonds is 5. The van der Waals surface area contributed by atoms with Crippen LogP contribution in [0.25, 0.3) is 6.08 Å². The molecule has 0 radical (unpaired) electrons. The average Bonchev–Trinajstić information content (AvgIpc) is 2.25. The predicted octanol–water partition coefficient (Wildman–Crippen LogP) is 1.66. The van der Waals surface area contributed by atoms with Crippen LogP contribution in [0.2, 0.25) is 0 Å². The van der Waals surface area contributed by atoms with E-state index in [1.54, 1.807) is 24.3 Å². The van der Waals surface area contributed by atoms with Gasteiger partial charge >= 0.3 is 11.9 Å². The molecule has 0 saturated carbocycles. The molecule has 0 bridgehead atoms. The van der Waals surface area contributed by atoms with Crippen LogP contribution in [0.5, 0.6) is 0 Å². The van der Waals surface area contributed by atoms with Gasteiger partial charge in [-0.1, -0.05) is 36.9 Å². The second-order valence-electron chi connectivity index (χ2n) is 3.38. The SMILES string of the molecule is C=Cc1cccc(CC(C(=O)O)C(=O)O)c1. The Hall–Kier alpha value is -2.10. The van der Waals surface area contributed by atoms with Crippen molar-refractivity contribution in [1.82, 2.24) is 0 Å². The zero-order valence-corrected chi connectivity index (χ0v) is 8.59. The first kappa shape index (κ1) is 12.0. The van der Waals surface area contributed by atoms with Crippen molar-refractivity contribution in [1.29, 1.82) is 0 Å². The summed E-state index contributed by atoms with van der Waals surface area (Å²) in [6, 6.07) is 6.98. The number of carbonyl (C=O) groups is 2. The molecule has 1 aromatic rings. The maximum Gasteiger partial charge on any atom is 0.318 e. The van der Waals surface area contributed by atoms with E-state index in [0.29, 0.717) is 5.56 Å². The molecule has 2 N–H and O–H groups in total. The average molecular weight is 220 g/mol. The highest BCUT2D eigenvalue weighted by Crippen LogP contribution is 2.12. The fraction of sp³-hybridized carbons (Fsp3) is 0.167. The molecule has 0 saturated heterocycles. The molecule has 16 heavy (non-hydrogen) atoms. The normalized spacial score (nSPS) is 10.1. The van der Waals surface area contributed by atoms with Crippen molar-refractivity contribution in [3.05, 3.63) is 42.0 Å². The lowest BCUT2D eigenvalue weighted by Crippen LogP contribution is -2.25. The van der Waals surface area contributed by atoms with Gasteiger partial charge in [-0.15, -0.1) is 0 Å². The predicted molar refractivity (Wildman–Crippen MR) is 59.0 cm³/mol. The van der Waals surface area contributed by atoms with Crippen molar-refractivity contribution in [2.24, 2.45) is 5.92 Å². The fourth-order valence-electron chi connectivity index (χ4n) is 1.36. The lowest BCUT2D eigenvalue weighted by atomic mass is 9.98. The van der Waals surface area contributed by atoms with E-state index in [2.05, 4.69) is 6.58 Å². The monoisotopic (exact) mass is 220 g/mol. The molecule has 0 aliphatic carbocycles. The van der Waals surface area contributed by atoms with E-state index in [4.69, 9.17) is 10.2 Å². The highest BCUT2D eigenvalue weighted by atomic mass is 16.4. The van der Waals surface area contributed by atoms with Crippen LogP contribution in [0, 0.1) is 5.92 Å². The maximum absolute atomic E-state index is 10.7. The number of hydrogen-bond acceptors (Lipinski definition) is 2. The van der Waals surface area contributed by atoms with Crippen LogP contribution in [-0.4, -0.2) is 22.2 Å². The second-order valence-corrected chi connectivity index (χ2v) is 3.38. The van der Waals surface area contributed by atoms with Crippen LogP contribution in [-0.2, 0) is 16.0 Å². The largest absolute Gasteiger partial charge is 0.481 e. The molecule has 0 aliphatic rings. The molecule has 0 aromatic heterocycles. The molecule has 0 fully saturated rings. The molecule has 0 spiro atoms. The van der Waals surface area contributed by atoms with Crippen molar-refractivity contribution in [2.75, 3.05) is 0 Å². The summed E-state index contributed by atoms with van der Waals surface area (Å²) in [7, 11) is 0. The zero-order valence-electron chi connectivity index (χ0n) is 8.59. The lowest BCUT2D eigenvalue weighted by Gasteiger charge is -2.07. The molecule has 1 rings (SSSR count). The van der Waals surface area contributed by atoms with E-state index >= 15 is 0 Å². The quantitative estimate of drug-likeness (QED) is 0.740. The van der Waals surface area contributed by atoms with Gasteiger partial charge in [0.15, 0.2) is 5.92 Å². The highest BCUT2D eigenvalue weighted by molar-refractivity contribution is 5.93. The molecule has 84 valence electrons. The van der Waals surface area contributed by atoms with Crippen molar-refractivity contribution in [3.63, 3.8) is 0 Å². The molecule has 1 aromatic carbocycles. The van der Waals surface area contributed by atoms with Crippen molar-refractivity contribution < 1.29 is 19.8 Å². The number of carboxylic acids is 2. The fourth-order valence-corrected chi connectivity index (χ4v) is 1.36. The molecule has 0 atom stereocenters. The summed E-state index contributed by atoms with van der Waals surface area (Å²) in [6.45, 7) is 3.59. The van der Waals surface area contributed by atoms with Gasteiger partial charge in [-0.05, 0) is 17.5 Å². The summed E-state index contributed by atoms with van der Waals surface area (Å²) in [5.74, 6) is -4.05. The van der Waals surface area contributed by atoms with Gasteiger partial charge in [-0.2, -0.15) is 0 Å². The first-order valence-corrected chi connectivity index (χ1v) is 4.71. The molecular formula is C12H12O4. The van der Waals surface area contributed by atoms with Crippen molar-refractivity contribution in [2.45, 2.75) is 6.42 Å². The van der Waals surface area contributed by atoms with Gasteiger partial charge in [-0.25, -0.2) is 0 Å². The highest BCUT2D eigenvalue weighted by Gasteiger charge is 2.25. The minimum Gasteiger partial charge on any atom is -0.481 e. The Morgan fingerprint density at radius 2 is 1.94 bits per heavy atom. The molecule has 0 unspecified atom stereocenters.